The maximum absolute atomic E-state index is 12.4. The molecular weight excluding hydrogens is 348 g/mol. The molecule has 2 aromatic carbocycles. The molecule has 2 rings (SSSR count). The molecule has 0 bridgehead atoms. The Balaban J connectivity index is 2.05. The second-order valence-electron chi connectivity index (χ2n) is 6.38. The quantitative estimate of drug-likeness (QED) is 0.734. The minimum absolute atomic E-state index is 0.210. The number of hydrogen-bond acceptors (Lipinski definition) is 3. The van der Waals surface area contributed by atoms with Crippen molar-refractivity contribution in [2.24, 2.45) is 0 Å². The third-order valence-corrected chi connectivity index (χ3v) is 5.67. The first-order chi connectivity index (χ1) is 12.3. The van der Waals surface area contributed by atoms with E-state index in [0.717, 1.165) is 31.5 Å². The van der Waals surface area contributed by atoms with E-state index in [1.165, 1.54) is 34.7 Å². The summed E-state index contributed by atoms with van der Waals surface area (Å²) < 4.78 is 23.0. The van der Waals surface area contributed by atoms with Gasteiger partial charge in [0.2, 0.25) is 0 Å². The van der Waals surface area contributed by atoms with E-state index in [2.05, 4.69) is 25.2 Å². The first-order valence-corrected chi connectivity index (χ1v) is 10.7. The van der Waals surface area contributed by atoms with Crippen molar-refractivity contribution >= 4 is 15.7 Å². The lowest BCUT2D eigenvalue weighted by molar-refractivity contribution is -0.910. The zero-order valence-corrected chi connectivity index (χ0v) is 16.4. The van der Waals surface area contributed by atoms with E-state index in [9.17, 15) is 13.2 Å². The predicted molar refractivity (Wildman–Crippen MR) is 103 cm³/mol. The average Bonchev–Trinajstić information content (AvgIpc) is 2.64. The van der Waals surface area contributed by atoms with Gasteiger partial charge in [-0.2, -0.15) is 0 Å². The van der Waals surface area contributed by atoms with Crippen LogP contribution in [0.3, 0.4) is 0 Å². The second kappa shape index (κ2) is 8.96. The number of hydrogen-bond donors (Lipinski definition) is 2. The molecule has 26 heavy (non-hydrogen) atoms. The van der Waals surface area contributed by atoms with Gasteiger partial charge in [0, 0.05) is 23.9 Å². The molecule has 1 amide bonds. The number of amides is 1. The molecule has 0 saturated carbocycles. The van der Waals surface area contributed by atoms with Gasteiger partial charge >= 0.3 is 0 Å². The first kappa shape index (κ1) is 20.1. The van der Waals surface area contributed by atoms with Crippen LogP contribution in [0.25, 0.3) is 0 Å². The molecule has 0 saturated heterocycles. The van der Waals surface area contributed by atoms with Crippen LogP contribution in [0.4, 0.5) is 0 Å². The zero-order chi connectivity index (χ0) is 19.2. The predicted octanol–water partition coefficient (Wildman–Crippen LogP) is 1.44. The van der Waals surface area contributed by atoms with E-state index in [-0.39, 0.29) is 10.8 Å². The lowest BCUT2D eigenvalue weighted by Crippen LogP contribution is -3.10. The number of sulfone groups is 1. The summed E-state index contributed by atoms with van der Waals surface area (Å²) in [7, 11) is -3.26. The van der Waals surface area contributed by atoms with Gasteiger partial charge in [-0.25, -0.2) is 8.42 Å². The minimum Gasteiger partial charge on any atom is -0.348 e. The monoisotopic (exact) mass is 375 g/mol. The summed E-state index contributed by atoms with van der Waals surface area (Å²) in [6, 6.07) is 14.1. The fourth-order valence-corrected chi connectivity index (χ4v) is 3.43. The van der Waals surface area contributed by atoms with Crippen LogP contribution >= 0.6 is 0 Å². The van der Waals surface area contributed by atoms with Gasteiger partial charge in [-0.3, -0.25) is 4.79 Å². The highest BCUT2D eigenvalue weighted by atomic mass is 32.2. The lowest BCUT2D eigenvalue weighted by atomic mass is 10.1. The Labute approximate surface area is 156 Å². The minimum atomic E-state index is -3.26. The molecule has 0 radical (unpaired) electrons. The number of carbonyl (C=O) groups excluding carboxylic acids is 1. The molecule has 0 aliphatic rings. The lowest BCUT2D eigenvalue weighted by Gasteiger charge is -2.18. The molecule has 6 heteroatoms. The molecule has 0 unspecified atom stereocenters. The maximum Gasteiger partial charge on any atom is 0.251 e. The summed E-state index contributed by atoms with van der Waals surface area (Å²) in [5, 5.41) is 2.93. The molecular formula is C20H27N2O3S+. The van der Waals surface area contributed by atoms with Gasteiger partial charge in [-0.1, -0.05) is 24.3 Å². The molecule has 5 nitrogen and oxygen atoms in total. The standard InChI is InChI=1S/C20H26N2O3S/c1-4-22(5-2)15-18-9-7-6-8-17(18)14-21-20(23)16-10-12-19(13-11-16)26(3,24)25/h6-13H,4-5,14-15H2,1-3H3,(H,21,23)/p+1. The molecule has 0 atom stereocenters. The van der Waals surface area contributed by atoms with Gasteiger partial charge in [0.15, 0.2) is 9.84 Å². The summed E-state index contributed by atoms with van der Waals surface area (Å²) in [5.41, 5.74) is 2.79. The largest absolute Gasteiger partial charge is 0.348 e. The van der Waals surface area contributed by atoms with Gasteiger partial charge in [0.1, 0.15) is 6.54 Å². The summed E-state index contributed by atoms with van der Waals surface area (Å²) in [4.78, 5) is 14.1. The van der Waals surface area contributed by atoms with Crippen molar-refractivity contribution in [2.75, 3.05) is 19.3 Å². The summed E-state index contributed by atoms with van der Waals surface area (Å²) in [5.74, 6) is -0.213. The first-order valence-electron chi connectivity index (χ1n) is 8.83. The molecule has 0 aliphatic heterocycles. The number of benzene rings is 2. The van der Waals surface area contributed by atoms with Crippen molar-refractivity contribution in [1.82, 2.24) is 5.32 Å². The Kier molecular flexibility index (Phi) is 6.94. The zero-order valence-electron chi connectivity index (χ0n) is 15.6. The van der Waals surface area contributed by atoms with E-state index in [1.54, 1.807) is 0 Å². The Hall–Kier alpha value is -2.18. The van der Waals surface area contributed by atoms with Gasteiger partial charge < -0.3 is 10.2 Å². The Morgan fingerprint density at radius 2 is 1.54 bits per heavy atom. The van der Waals surface area contributed by atoms with Crippen molar-refractivity contribution in [3.63, 3.8) is 0 Å². The second-order valence-corrected chi connectivity index (χ2v) is 8.40. The van der Waals surface area contributed by atoms with Crippen LogP contribution in [0.5, 0.6) is 0 Å². The van der Waals surface area contributed by atoms with Crippen molar-refractivity contribution in [2.45, 2.75) is 31.8 Å². The SMILES string of the molecule is CC[NH+](CC)Cc1ccccc1CNC(=O)c1ccc(S(C)(=O)=O)cc1. The molecule has 140 valence electrons. The highest BCUT2D eigenvalue weighted by Crippen LogP contribution is 2.11. The Morgan fingerprint density at radius 1 is 0.962 bits per heavy atom. The van der Waals surface area contributed by atoms with E-state index in [1.807, 2.05) is 18.2 Å². The normalized spacial score (nSPS) is 11.5. The summed E-state index contributed by atoms with van der Waals surface area (Å²) in [6.07, 6.45) is 1.15. The van der Waals surface area contributed by atoms with E-state index >= 15 is 0 Å². The number of nitrogens with one attached hydrogen (secondary N) is 2. The fraction of sp³-hybridized carbons (Fsp3) is 0.350. The summed E-state index contributed by atoms with van der Waals surface area (Å²) >= 11 is 0. The van der Waals surface area contributed by atoms with Crippen molar-refractivity contribution < 1.29 is 18.1 Å². The smallest absolute Gasteiger partial charge is 0.251 e. The maximum atomic E-state index is 12.4. The Bertz CT molecular complexity index is 842. The van der Waals surface area contributed by atoms with Crippen molar-refractivity contribution in [3.05, 3.63) is 65.2 Å². The van der Waals surface area contributed by atoms with Crippen LogP contribution in [0.1, 0.15) is 35.3 Å². The molecule has 2 aromatic rings. The topological polar surface area (TPSA) is 67.7 Å². The van der Waals surface area contributed by atoms with E-state index < -0.39 is 9.84 Å². The number of rotatable bonds is 8. The van der Waals surface area contributed by atoms with Gasteiger partial charge in [-0.15, -0.1) is 0 Å². The highest BCUT2D eigenvalue weighted by molar-refractivity contribution is 7.90. The number of quaternary nitrogens is 1. The molecule has 0 aliphatic carbocycles. The van der Waals surface area contributed by atoms with Gasteiger partial charge in [0.25, 0.3) is 5.91 Å². The van der Waals surface area contributed by atoms with Crippen molar-refractivity contribution in [3.8, 4) is 0 Å². The third-order valence-electron chi connectivity index (χ3n) is 4.54. The highest BCUT2D eigenvalue weighted by Gasteiger charge is 2.12. The summed E-state index contributed by atoms with van der Waals surface area (Å²) in [6.45, 7) is 7.84. The van der Waals surface area contributed by atoms with Gasteiger partial charge in [0.05, 0.1) is 18.0 Å². The van der Waals surface area contributed by atoms with Crippen LogP contribution in [0.2, 0.25) is 0 Å². The molecule has 0 aromatic heterocycles. The van der Waals surface area contributed by atoms with Crippen LogP contribution in [0.15, 0.2) is 53.4 Å². The molecule has 0 fully saturated rings. The van der Waals surface area contributed by atoms with Crippen LogP contribution < -0.4 is 10.2 Å². The number of carbonyl (C=O) groups is 1. The fourth-order valence-electron chi connectivity index (χ4n) is 2.80. The van der Waals surface area contributed by atoms with Crippen molar-refractivity contribution in [1.29, 1.82) is 0 Å². The van der Waals surface area contributed by atoms with Crippen LogP contribution in [-0.2, 0) is 22.9 Å². The molecule has 0 spiro atoms. The average molecular weight is 376 g/mol. The van der Waals surface area contributed by atoms with E-state index in [0.29, 0.717) is 12.1 Å². The van der Waals surface area contributed by atoms with E-state index in [4.69, 9.17) is 0 Å². The Morgan fingerprint density at radius 3 is 2.08 bits per heavy atom. The molecule has 2 N–H and O–H groups in total. The third kappa shape index (κ3) is 5.41. The van der Waals surface area contributed by atoms with Crippen LogP contribution in [0, 0.1) is 0 Å². The van der Waals surface area contributed by atoms with Crippen LogP contribution in [-0.4, -0.2) is 33.7 Å². The molecule has 0 heterocycles. The van der Waals surface area contributed by atoms with Gasteiger partial charge in [-0.05, 0) is 43.7 Å².